The molecule has 0 saturated carbocycles. The van der Waals surface area contributed by atoms with Gasteiger partial charge in [0.25, 0.3) is 0 Å². The highest BCUT2D eigenvalue weighted by molar-refractivity contribution is 6.05. The number of aliphatic hydroxyl groups is 1. The number of carbonyl (C=O) groups is 2. The van der Waals surface area contributed by atoms with Gasteiger partial charge in [0, 0.05) is 6.42 Å². The Morgan fingerprint density at radius 3 is 2.42 bits per heavy atom. The topological polar surface area (TPSA) is 63.6 Å². The van der Waals surface area contributed by atoms with E-state index in [-0.39, 0.29) is 6.42 Å². The van der Waals surface area contributed by atoms with Gasteiger partial charge in [-0.15, -0.1) is 6.58 Å². The summed E-state index contributed by atoms with van der Waals surface area (Å²) in [6.45, 7) is 4.45. The summed E-state index contributed by atoms with van der Waals surface area (Å²) >= 11 is 0. The lowest BCUT2D eigenvalue weighted by molar-refractivity contribution is -0.167. The fourth-order valence-corrected chi connectivity index (χ4v) is 0.749. The minimum absolute atomic E-state index is 0.130. The van der Waals surface area contributed by atoms with Crippen LogP contribution in [0.4, 0.5) is 0 Å². The Bertz CT molecular complexity index is 209. The molecule has 0 aromatic carbocycles. The van der Waals surface area contributed by atoms with Crippen molar-refractivity contribution in [3.63, 3.8) is 0 Å². The lowest BCUT2D eigenvalue weighted by Crippen LogP contribution is -2.45. The van der Waals surface area contributed by atoms with Crippen LogP contribution in [0.2, 0.25) is 0 Å². The van der Waals surface area contributed by atoms with Crippen molar-refractivity contribution in [2.24, 2.45) is 0 Å². The van der Waals surface area contributed by atoms with E-state index in [1.807, 2.05) is 0 Å². The van der Waals surface area contributed by atoms with Crippen LogP contribution in [0.3, 0.4) is 0 Å². The molecule has 0 bridgehead atoms. The highest BCUT2D eigenvalue weighted by Gasteiger charge is 2.40. The molecule has 0 radical (unpaired) electrons. The first-order valence-corrected chi connectivity index (χ1v) is 3.41. The van der Waals surface area contributed by atoms with E-state index in [1.165, 1.54) is 6.08 Å². The van der Waals surface area contributed by atoms with Gasteiger partial charge in [0.05, 0.1) is 7.11 Å². The Balaban J connectivity index is 4.72. The number of rotatable bonds is 4. The standard InChI is InChI=1S/C8H12O4/c1-4-5-8(11,6(2)9)7(10)12-3/h4,11H,1,5H2,2-3H3. The summed E-state index contributed by atoms with van der Waals surface area (Å²) in [6.07, 6.45) is 1.16. The van der Waals surface area contributed by atoms with Crippen LogP contribution in [0.25, 0.3) is 0 Å². The number of Topliss-reactive ketones (excluding diaryl/α,β-unsaturated/α-hetero) is 1. The van der Waals surface area contributed by atoms with Gasteiger partial charge in [0.15, 0.2) is 5.78 Å². The van der Waals surface area contributed by atoms with Crippen molar-refractivity contribution in [2.45, 2.75) is 18.9 Å². The molecule has 1 N–H and O–H groups in total. The van der Waals surface area contributed by atoms with Crippen LogP contribution in [-0.2, 0) is 14.3 Å². The number of hydrogen-bond donors (Lipinski definition) is 1. The second kappa shape index (κ2) is 4.01. The van der Waals surface area contributed by atoms with Gasteiger partial charge in [-0.3, -0.25) is 4.79 Å². The van der Waals surface area contributed by atoms with E-state index < -0.39 is 17.4 Å². The molecule has 0 aliphatic rings. The number of methoxy groups -OCH3 is 1. The van der Waals surface area contributed by atoms with Crippen LogP contribution in [0.15, 0.2) is 12.7 Å². The summed E-state index contributed by atoms with van der Waals surface area (Å²) in [4.78, 5) is 21.8. The van der Waals surface area contributed by atoms with E-state index >= 15 is 0 Å². The highest BCUT2D eigenvalue weighted by Crippen LogP contribution is 2.14. The predicted octanol–water partition coefficient (Wildman–Crippen LogP) is 0.0556. The second-order valence-electron chi connectivity index (χ2n) is 2.40. The van der Waals surface area contributed by atoms with E-state index in [0.29, 0.717) is 0 Å². The van der Waals surface area contributed by atoms with E-state index in [0.717, 1.165) is 14.0 Å². The van der Waals surface area contributed by atoms with Crippen LogP contribution < -0.4 is 0 Å². The summed E-state index contributed by atoms with van der Waals surface area (Å²) in [5.41, 5.74) is -2.06. The van der Waals surface area contributed by atoms with E-state index in [4.69, 9.17) is 0 Å². The molecular weight excluding hydrogens is 160 g/mol. The normalized spacial score (nSPS) is 14.6. The first kappa shape index (κ1) is 10.8. The van der Waals surface area contributed by atoms with E-state index in [9.17, 15) is 14.7 Å². The number of carbonyl (C=O) groups excluding carboxylic acids is 2. The zero-order valence-electron chi connectivity index (χ0n) is 7.16. The van der Waals surface area contributed by atoms with Gasteiger partial charge in [-0.1, -0.05) is 6.08 Å². The van der Waals surface area contributed by atoms with Gasteiger partial charge >= 0.3 is 5.97 Å². The van der Waals surface area contributed by atoms with Crippen LogP contribution >= 0.6 is 0 Å². The maximum atomic E-state index is 10.9. The minimum Gasteiger partial charge on any atom is -0.467 e. The molecule has 1 atom stereocenters. The van der Waals surface area contributed by atoms with Gasteiger partial charge < -0.3 is 9.84 Å². The van der Waals surface area contributed by atoms with Gasteiger partial charge in [0.2, 0.25) is 5.60 Å². The average molecular weight is 172 g/mol. The van der Waals surface area contributed by atoms with Crippen molar-refractivity contribution >= 4 is 11.8 Å². The molecule has 0 fully saturated rings. The smallest absolute Gasteiger partial charge is 0.346 e. The summed E-state index contributed by atoms with van der Waals surface area (Å²) in [5.74, 6) is -1.59. The van der Waals surface area contributed by atoms with Gasteiger partial charge in [-0.25, -0.2) is 4.79 Å². The second-order valence-corrected chi connectivity index (χ2v) is 2.40. The number of ether oxygens (including phenoxy) is 1. The SMILES string of the molecule is C=CCC(O)(C(C)=O)C(=O)OC. The van der Waals surface area contributed by atoms with Crippen molar-refractivity contribution in [1.82, 2.24) is 0 Å². The lowest BCUT2D eigenvalue weighted by atomic mass is 9.95. The van der Waals surface area contributed by atoms with Crippen molar-refractivity contribution in [3.8, 4) is 0 Å². The van der Waals surface area contributed by atoms with Gasteiger partial charge in [-0.05, 0) is 6.92 Å². The molecule has 0 spiro atoms. The first-order chi connectivity index (χ1) is 5.49. The monoisotopic (exact) mass is 172 g/mol. The first-order valence-electron chi connectivity index (χ1n) is 3.41. The Hall–Kier alpha value is -1.16. The molecule has 68 valence electrons. The fraction of sp³-hybridized carbons (Fsp3) is 0.500. The quantitative estimate of drug-likeness (QED) is 0.370. The number of esters is 1. The summed E-state index contributed by atoms with van der Waals surface area (Å²) in [5, 5.41) is 9.46. The fourth-order valence-electron chi connectivity index (χ4n) is 0.749. The predicted molar refractivity (Wildman–Crippen MR) is 42.5 cm³/mol. The highest BCUT2D eigenvalue weighted by atomic mass is 16.5. The van der Waals surface area contributed by atoms with Gasteiger partial charge in [0.1, 0.15) is 0 Å². The van der Waals surface area contributed by atoms with Crippen molar-refractivity contribution < 1.29 is 19.4 Å². The third-order valence-corrected chi connectivity index (χ3v) is 1.55. The molecule has 4 nitrogen and oxygen atoms in total. The molecule has 12 heavy (non-hydrogen) atoms. The molecule has 0 aromatic heterocycles. The van der Waals surface area contributed by atoms with Crippen molar-refractivity contribution in [3.05, 3.63) is 12.7 Å². The molecule has 1 unspecified atom stereocenters. The zero-order chi connectivity index (χ0) is 9.78. The van der Waals surface area contributed by atoms with Crippen molar-refractivity contribution in [2.75, 3.05) is 7.11 Å². The summed E-state index contributed by atoms with van der Waals surface area (Å²) in [7, 11) is 1.11. The Morgan fingerprint density at radius 1 is 1.67 bits per heavy atom. The van der Waals surface area contributed by atoms with Crippen LogP contribution in [0, 0.1) is 0 Å². The summed E-state index contributed by atoms with van der Waals surface area (Å²) in [6, 6.07) is 0. The number of ketones is 1. The van der Waals surface area contributed by atoms with Crippen molar-refractivity contribution in [1.29, 1.82) is 0 Å². The molecular formula is C8H12O4. The molecule has 4 heteroatoms. The molecule has 0 aliphatic heterocycles. The largest absolute Gasteiger partial charge is 0.467 e. The van der Waals surface area contributed by atoms with E-state index in [2.05, 4.69) is 11.3 Å². The molecule has 0 amide bonds. The molecule has 0 rings (SSSR count). The Kier molecular flexibility index (Phi) is 3.63. The maximum Gasteiger partial charge on any atom is 0.346 e. The van der Waals surface area contributed by atoms with Gasteiger partial charge in [-0.2, -0.15) is 0 Å². The molecule has 0 aliphatic carbocycles. The molecule has 0 heterocycles. The molecule has 0 saturated heterocycles. The molecule has 0 aromatic rings. The Labute approximate surface area is 70.8 Å². The maximum absolute atomic E-state index is 10.9. The van der Waals surface area contributed by atoms with E-state index in [1.54, 1.807) is 0 Å². The lowest BCUT2D eigenvalue weighted by Gasteiger charge is -2.19. The third kappa shape index (κ3) is 1.92. The van der Waals surface area contributed by atoms with Crippen LogP contribution in [0.1, 0.15) is 13.3 Å². The average Bonchev–Trinajstić information content (AvgIpc) is 2.03. The van der Waals surface area contributed by atoms with Crippen LogP contribution in [0.5, 0.6) is 0 Å². The zero-order valence-corrected chi connectivity index (χ0v) is 7.16. The minimum atomic E-state index is -2.06. The third-order valence-electron chi connectivity index (χ3n) is 1.55. The van der Waals surface area contributed by atoms with Crippen LogP contribution in [-0.4, -0.2) is 29.6 Å². The Morgan fingerprint density at radius 2 is 2.17 bits per heavy atom. The number of hydrogen-bond acceptors (Lipinski definition) is 4. The summed E-state index contributed by atoms with van der Waals surface area (Å²) < 4.78 is 4.27.